The van der Waals surface area contributed by atoms with Gasteiger partial charge in [-0.15, -0.1) is 6.42 Å². The van der Waals surface area contributed by atoms with Crippen molar-refractivity contribution in [1.29, 1.82) is 0 Å². The molecule has 0 unspecified atom stereocenters. The van der Waals surface area contributed by atoms with Crippen molar-refractivity contribution in [3.8, 4) is 12.3 Å². The van der Waals surface area contributed by atoms with Crippen LogP contribution in [0, 0.1) is 18.2 Å². The van der Waals surface area contributed by atoms with Gasteiger partial charge in [0.2, 0.25) is 0 Å². The standard InChI is InChI=1S/C23H27FN2O2/c1-5-13-26(16-18-9-11-21(24)12-10-18)22(27)25-15-19-7-6-8-20(14-19)17-28-23(2,3)4/h1,6-12,14H,13,15-17H2,2-4H3,(H,25,27). The molecule has 28 heavy (non-hydrogen) atoms. The van der Waals surface area contributed by atoms with Crippen LogP contribution >= 0.6 is 0 Å². The first-order valence-corrected chi connectivity index (χ1v) is 9.19. The number of nitrogens with zero attached hydrogens (tertiary/aromatic N) is 1. The van der Waals surface area contributed by atoms with E-state index in [-0.39, 0.29) is 24.0 Å². The minimum Gasteiger partial charge on any atom is -0.371 e. The molecule has 0 atom stereocenters. The molecule has 0 saturated heterocycles. The van der Waals surface area contributed by atoms with Crippen LogP contribution in [0.3, 0.4) is 0 Å². The zero-order valence-corrected chi connectivity index (χ0v) is 16.7. The Balaban J connectivity index is 1.94. The van der Waals surface area contributed by atoms with Crippen LogP contribution in [-0.2, 0) is 24.4 Å². The Morgan fingerprint density at radius 2 is 1.82 bits per heavy atom. The zero-order valence-electron chi connectivity index (χ0n) is 16.7. The normalized spacial score (nSPS) is 11.0. The smallest absolute Gasteiger partial charge is 0.318 e. The lowest BCUT2D eigenvalue weighted by atomic mass is 10.1. The Hall–Kier alpha value is -2.84. The lowest BCUT2D eigenvalue weighted by molar-refractivity contribution is -0.0149. The van der Waals surface area contributed by atoms with Crippen LogP contribution in [0.25, 0.3) is 0 Å². The van der Waals surface area contributed by atoms with E-state index in [9.17, 15) is 9.18 Å². The molecule has 0 fully saturated rings. The number of rotatable bonds is 7. The van der Waals surface area contributed by atoms with Crippen molar-refractivity contribution in [2.24, 2.45) is 0 Å². The van der Waals surface area contributed by atoms with Gasteiger partial charge in [-0.1, -0.05) is 42.3 Å². The van der Waals surface area contributed by atoms with E-state index in [1.54, 1.807) is 12.1 Å². The summed E-state index contributed by atoms with van der Waals surface area (Å²) in [5.41, 5.74) is 2.63. The van der Waals surface area contributed by atoms with Crippen LogP contribution in [-0.4, -0.2) is 23.1 Å². The fourth-order valence-corrected chi connectivity index (χ4v) is 2.54. The Morgan fingerprint density at radius 3 is 2.46 bits per heavy atom. The van der Waals surface area contributed by atoms with Gasteiger partial charge < -0.3 is 15.0 Å². The summed E-state index contributed by atoms with van der Waals surface area (Å²) < 4.78 is 18.9. The van der Waals surface area contributed by atoms with E-state index in [0.717, 1.165) is 16.7 Å². The average molecular weight is 382 g/mol. The van der Waals surface area contributed by atoms with Gasteiger partial charge in [0, 0.05) is 13.1 Å². The summed E-state index contributed by atoms with van der Waals surface area (Å²) in [7, 11) is 0. The van der Waals surface area contributed by atoms with Crippen molar-refractivity contribution in [3.05, 3.63) is 71.0 Å². The molecule has 4 nitrogen and oxygen atoms in total. The Morgan fingerprint density at radius 1 is 1.14 bits per heavy atom. The van der Waals surface area contributed by atoms with Gasteiger partial charge in [-0.2, -0.15) is 0 Å². The number of nitrogens with one attached hydrogen (secondary N) is 1. The molecular formula is C23H27FN2O2. The predicted octanol–water partition coefficient (Wildman–Crippen LogP) is 4.49. The number of carbonyl (C=O) groups is 1. The predicted molar refractivity (Wildman–Crippen MR) is 109 cm³/mol. The third-order valence-electron chi connectivity index (χ3n) is 3.96. The molecule has 0 aliphatic carbocycles. The molecule has 148 valence electrons. The molecule has 0 aromatic heterocycles. The van der Waals surface area contributed by atoms with E-state index in [2.05, 4.69) is 11.2 Å². The number of hydrogen-bond acceptors (Lipinski definition) is 2. The van der Waals surface area contributed by atoms with Gasteiger partial charge in [-0.05, 0) is 49.6 Å². The first kappa shape index (κ1) is 21.5. The minimum absolute atomic E-state index is 0.169. The minimum atomic E-state index is -0.313. The fraction of sp³-hybridized carbons (Fsp3) is 0.348. The van der Waals surface area contributed by atoms with Crippen molar-refractivity contribution in [2.75, 3.05) is 6.54 Å². The summed E-state index contributed by atoms with van der Waals surface area (Å²) >= 11 is 0. The maximum Gasteiger partial charge on any atom is 0.318 e. The summed E-state index contributed by atoms with van der Waals surface area (Å²) in [5.74, 6) is 2.18. The number of amides is 2. The molecule has 0 aliphatic heterocycles. The van der Waals surface area contributed by atoms with E-state index in [4.69, 9.17) is 11.2 Å². The lowest BCUT2D eigenvalue weighted by Gasteiger charge is -2.21. The molecule has 0 bridgehead atoms. The SMILES string of the molecule is C#CCN(Cc1ccc(F)cc1)C(=O)NCc1cccc(COC(C)(C)C)c1. The number of benzene rings is 2. The second-order valence-corrected chi connectivity index (χ2v) is 7.57. The Bertz CT molecular complexity index is 820. The van der Waals surface area contributed by atoms with Gasteiger partial charge in [0.25, 0.3) is 0 Å². The summed E-state index contributed by atoms with van der Waals surface area (Å²) in [6, 6.07) is 13.7. The first-order chi connectivity index (χ1) is 13.3. The van der Waals surface area contributed by atoms with Gasteiger partial charge in [-0.3, -0.25) is 0 Å². The molecule has 2 aromatic rings. The highest BCUT2D eigenvalue weighted by Gasteiger charge is 2.13. The quantitative estimate of drug-likeness (QED) is 0.717. The van der Waals surface area contributed by atoms with Crippen molar-refractivity contribution >= 4 is 6.03 Å². The largest absolute Gasteiger partial charge is 0.371 e. The van der Waals surface area contributed by atoms with E-state index in [1.165, 1.54) is 17.0 Å². The lowest BCUT2D eigenvalue weighted by Crippen LogP contribution is -2.39. The molecule has 5 heteroatoms. The van der Waals surface area contributed by atoms with Crippen LogP contribution in [0.4, 0.5) is 9.18 Å². The van der Waals surface area contributed by atoms with E-state index in [1.807, 2.05) is 45.0 Å². The summed E-state index contributed by atoms with van der Waals surface area (Å²) in [6.45, 7) is 7.42. The third-order valence-corrected chi connectivity index (χ3v) is 3.96. The molecule has 0 heterocycles. The number of hydrogen-bond donors (Lipinski definition) is 1. The van der Waals surface area contributed by atoms with Gasteiger partial charge >= 0.3 is 6.03 Å². The van der Waals surface area contributed by atoms with Crippen LogP contribution in [0.2, 0.25) is 0 Å². The molecule has 2 rings (SSSR count). The molecule has 0 saturated carbocycles. The van der Waals surface area contributed by atoms with E-state index in [0.29, 0.717) is 19.7 Å². The second-order valence-electron chi connectivity index (χ2n) is 7.57. The highest BCUT2D eigenvalue weighted by molar-refractivity contribution is 5.74. The van der Waals surface area contributed by atoms with Crippen molar-refractivity contribution in [2.45, 2.75) is 46.1 Å². The monoisotopic (exact) mass is 382 g/mol. The highest BCUT2D eigenvalue weighted by Crippen LogP contribution is 2.13. The number of halogens is 1. The van der Waals surface area contributed by atoms with Crippen LogP contribution in [0.15, 0.2) is 48.5 Å². The van der Waals surface area contributed by atoms with Gasteiger partial charge in [0.1, 0.15) is 5.82 Å². The molecule has 0 aliphatic rings. The average Bonchev–Trinajstić information content (AvgIpc) is 2.65. The van der Waals surface area contributed by atoms with E-state index >= 15 is 0 Å². The molecule has 0 radical (unpaired) electrons. The van der Waals surface area contributed by atoms with Crippen molar-refractivity contribution in [3.63, 3.8) is 0 Å². The van der Waals surface area contributed by atoms with Gasteiger partial charge in [-0.25, -0.2) is 9.18 Å². The number of terminal acetylenes is 1. The Labute approximate surface area is 166 Å². The number of carbonyl (C=O) groups excluding carboxylic acids is 1. The van der Waals surface area contributed by atoms with E-state index < -0.39 is 0 Å². The first-order valence-electron chi connectivity index (χ1n) is 9.19. The Kier molecular flexibility index (Phi) is 7.60. The van der Waals surface area contributed by atoms with Gasteiger partial charge in [0.05, 0.1) is 18.8 Å². The highest BCUT2D eigenvalue weighted by atomic mass is 19.1. The molecule has 2 amide bonds. The third kappa shape index (κ3) is 7.42. The second kappa shape index (κ2) is 9.91. The molecular weight excluding hydrogens is 355 g/mol. The maximum atomic E-state index is 13.1. The zero-order chi connectivity index (χ0) is 20.6. The molecule has 1 N–H and O–H groups in total. The number of urea groups is 1. The molecule has 0 spiro atoms. The van der Waals surface area contributed by atoms with Crippen LogP contribution in [0.1, 0.15) is 37.5 Å². The van der Waals surface area contributed by atoms with Crippen molar-refractivity contribution < 1.29 is 13.9 Å². The van der Waals surface area contributed by atoms with Crippen molar-refractivity contribution in [1.82, 2.24) is 10.2 Å². The molecule has 2 aromatic carbocycles. The number of ether oxygens (including phenoxy) is 1. The maximum absolute atomic E-state index is 13.1. The fourth-order valence-electron chi connectivity index (χ4n) is 2.54. The summed E-state index contributed by atoms with van der Waals surface area (Å²) in [4.78, 5) is 14.1. The summed E-state index contributed by atoms with van der Waals surface area (Å²) in [5, 5.41) is 2.89. The topological polar surface area (TPSA) is 41.6 Å². The van der Waals surface area contributed by atoms with Crippen LogP contribution in [0.5, 0.6) is 0 Å². The van der Waals surface area contributed by atoms with Crippen LogP contribution < -0.4 is 5.32 Å². The summed E-state index contributed by atoms with van der Waals surface area (Å²) in [6.07, 6.45) is 5.39. The van der Waals surface area contributed by atoms with Gasteiger partial charge in [0.15, 0.2) is 0 Å².